The topological polar surface area (TPSA) is 69.0 Å². The first-order valence-corrected chi connectivity index (χ1v) is 12.4. The Bertz CT molecular complexity index is 1410. The number of esters is 1. The number of benzene rings is 3. The summed E-state index contributed by atoms with van der Waals surface area (Å²) in [7, 11) is 0. The van der Waals surface area contributed by atoms with Crippen LogP contribution in [0.3, 0.4) is 0 Å². The highest BCUT2D eigenvalue weighted by molar-refractivity contribution is 7.98. The van der Waals surface area contributed by atoms with Crippen LogP contribution >= 0.6 is 23.4 Å². The Kier molecular flexibility index (Phi) is 6.30. The molecule has 0 saturated heterocycles. The zero-order chi connectivity index (χ0) is 23.7. The Morgan fingerprint density at radius 1 is 1.12 bits per heavy atom. The molecular weight excluding hydrogens is 468 g/mol. The summed E-state index contributed by atoms with van der Waals surface area (Å²) >= 11 is 7.84. The molecule has 1 aliphatic heterocycles. The number of anilines is 1. The molecule has 0 aliphatic carbocycles. The number of hydrogen-bond donors (Lipinski definition) is 1. The van der Waals surface area contributed by atoms with Crippen molar-refractivity contribution in [1.29, 1.82) is 0 Å². The third-order valence-corrected chi connectivity index (χ3v) is 6.82. The Balaban J connectivity index is 1.47. The van der Waals surface area contributed by atoms with Crippen molar-refractivity contribution in [3.63, 3.8) is 0 Å². The van der Waals surface area contributed by atoms with Gasteiger partial charge < -0.3 is 10.1 Å². The fourth-order valence-corrected chi connectivity index (χ4v) is 5.10. The lowest BCUT2D eigenvalue weighted by atomic mass is 9.96. The van der Waals surface area contributed by atoms with Crippen molar-refractivity contribution >= 4 is 46.1 Å². The average Bonchev–Trinajstić information content (AvgIpc) is 3.24. The molecule has 0 amide bonds. The van der Waals surface area contributed by atoms with Crippen molar-refractivity contribution < 1.29 is 9.53 Å². The van der Waals surface area contributed by atoms with Gasteiger partial charge in [-0.3, -0.25) is 0 Å². The van der Waals surface area contributed by atoms with E-state index in [-0.39, 0.29) is 12.6 Å². The van der Waals surface area contributed by atoms with Gasteiger partial charge in [-0.1, -0.05) is 78.0 Å². The van der Waals surface area contributed by atoms with Crippen molar-refractivity contribution in [3.8, 4) is 0 Å². The molecule has 0 radical (unpaired) electrons. The van der Waals surface area contributed by atoms with Gasteiger partial charge >= 0.3 is 5.97 Å². The number of nitrogens with zero attached hydrogens (tertiary/aromatic N) is 3. The lowest BCUT2D eigenvalue weighted by Crippen LogP contribution is -2.29. The standard InChI is InChI=1S/C26H23ClN4O2S/c1-3-33-24(32)22-16(2)28-25-29-26(30-31(25)23(22)20-9-6-10-21(27)14-20)34-15-17-11-12-18-7-4-5-8-19(18)13-17/h4-14,23H,3,15H2,1-2H3,(H,28,29,30)/t23-/m0/s1. The number of rotatable bonds is 6. The lowest BCUT2D eigenvalue weighted by molar-refractivity contribution is -0.139. The summed E-state index contributed by atoms with van der Waals surface area (Å²) in [4.78, 5) is 17.6. The highest BCUT2D eigenvalue weighted by atomic mass is 35.5. The normalized spacial score (nSPS) is 15.2. The van der Waals surface area contributed by atoms with Crippen LogP contribution in [-0.2, 0) is 15.3 Å². The Hall–Kier alpha value is -3.29. The van der Waals surface area contributed by atoms with Gasteiger partial charge in [-0.05, 0) is 47.9 Å². The second-order valence-corrected chi connectivity index (χ2v) is 9.35. The number of carbonyl (C=O) groups excluding carboxylic acids is 1. The molecule has 0 saturated carbocycles. The second kappa shape index (κ2) is 9.52. The van der Waals surface area contributed by atoms with Crippen molar-refractivity contribution in [1.82, 2.24) is 14.8 Å². The summed E-state index contributed by atoms with van der Waals surface area (Å²) in [5, 5.41) is 11.6. The number of hydrogen-bond acceptors (Lipinski definition) is 6. The van der Waals surface area contributed by atoms with Crippen LogP contribution in [0.25, 0.3) is 10.8 Å². The third-order valence-electron chi connectivity index (χ3n) is 5.67. The maximum absolute atomic E-state index is 12.9. The minimum Gasteiger partial charge on any atom is -0.463 e. The molecule has 1 aliphatic rings. The summed E-state index contributed by atoms with van der Waals surface area (Å²) in [5.41, 5.74) is 3.22. The van der Waals surface area contributed by atoms with Crippen molar-refractivity contribution in [2.75, 3.05) is 11.9 Å². The van der Waals surface area contributed by atoms with E-state index in [0.717, 1.165) is 11.3 Å². The minimum atomic E-state index is -0.489. The van der Waals surface area contributed by atoms with Gasteiger partial charge in [0.15, 0.2) is 0 Å². The summed E-state index contributed by atoms with van der Waals surface area (Å²) in [6.07, 6.45) is 0. The second-order valence-electron chi connectivity index (χ2n) is 7.97. The summed E-state index contributed by atoms with van der Waals surface area (Å²) in [6, 6.07) is 21.7. The molecule has 0 fully saturated rings. The molecule has 0 unspecified atom stereocenters. The van der Waals surface area contributed by atoms with Gasteiger partial charge in [0, 0.05) is 16.5 Å². The van der Waals surface area contributed by atoms with Crippen LogP contribution in [0.15, 0.2) is 83.2 Å². The van der Waals surface area contributed by atoms with E-state index in [4.69, 9.17) is 26.4 Å². The van der Waals surface area contributed by atoms with E-state index in [1.54, 1.807) is 29.4 Å². The van der Waals surface area contributed by atoms with Crippen molar-refractivity contribution in [2.24, 2.45) is 0 Å². The lowest BCUT2D eigenvalue weighted by Gasteiger charge is -2.28. The van der Waals surface area contributed by atoms with E-state index < -0.39 is 6.04 Å². The molecule has 2 heterocycles. The predicted octanol–water partition coefficient (Wildman–Crippen LogP) is 6.23. The fourth-order valence-electron chi connectivity index (χ4n) is 4.13. The molecule has 3 aromatic carbocycles. The van der Waals surface area contributed by atoms with Gasteiger partial charge in [-0.15, -0.1) is 5.10 Å². The maximum atomic E-state index is 12.9. The summed E-state index contributed by atoms with van der Waals surface area (Å²) in [6.45, 7) is 3.93. The fraction of sp³-hybridized carbons (Fsp3) is 0.192. The van der Waals surface area contributed by atoms with Crippen LogP contribution in [0.4, 0.5) is 5.95 Å². The molecule has 5 rings (SSSR count). The van der Waals surface area contributed by atoms with Gasteiger partial charge in [0.2, 0.25) is 11.1 Å². The van der Waals surface area contributed by atoms with E-state index >= 15 is 0 Å². The highest BCUT2D eigenvalue weighted by Crippen LogP contribution is 2.37. The Morgan fingerprint density at radius 2 is 1.94 bits per heavy atom. The van der Waals surface area contributed by atoms with E-state index in [9.17, 15) is 4.79 Å². The molecule has 34 heavy (non-hydrogen) atoms. The summed E-state index contributed by atoms with van der Waals surface area (Å²) < 4.78 is 7.10. The smallest absolute Gasteiger partial charge is 0.338 e. The van der Waals surface area contributed by atoms with Crippen LogP contribution in [-0.4, -0.2) is 27.3 Å². The monoisotopic (exact) mass is 490 g/mol. The molecule has 0 bridgehead atoms. The highest BCUT2D eigenvalue weighted by Gasteiger charge is 2.35. The zero-order valence-corrected chi connectivity index (χ0v) is 20.4. The average molecular weight is 491 g/mol. The van der Waals surface area contributed by atoms with Crippen LogP contribution in [0.1, 0.15) is 31.0 Å². The van der Waals surface area contributed by atoms with Gasteiger partial charge in [0.05, 0.1) is 12.2 Å². The van der Waals surface area contributed by atoms with Gasteiger partial charge in [-0.25, -0.2) is 9.48 Å². The van der Waals surface area contributed by atoms with Crippen molar-refractivity contribution in [2.45, 2.75) is 30.8 Å². The molecule has 1 aromatic heterocycles. The molecule has 1 atom stereocenters. The van der Waals surface area contributed by atoms with E-state index in [0.29, 0.717) is 27.4 Å². The number of allylic oxidation sites excluding steroid dienone is 1. The number of fused-ring (bicyclic) bond motifs is 2. The van der Waals surface area contributed by atoms with Crippen LogP contribution in [0, 0.1) is 0 Å². The quantitative estimate of drug-likeness (QED) is 0.255. The Labute approximate surface area is 207 Å². The largest absolute Gasteiger partial charge is 0.463 e. The molecule has 4 aromatic rings. The maximum Gasteiger partial charge on any atom is 0.338 e. The first-order valence-electron chi connectivity index (χ1n) is 11.0. The Morgan fingerprint density at radius 3 is 2.74 bits per heavy atom. The van der Waals surface area contributed by atoms with Gasteiger partial charge in [0.25, 0.3) is 0 Å². The van der Waals surface area contributed by atoms with Gasteiger partial charge in [-0.2, -0.15) is 4.98 Å². The first kappa shape index (κ1) is 22.5. The number of ether oxygens (including phenoxy) is 1. The number of aromatic nitrogens is 3. The van der Waals surface area contributed by atoms with E-state index in [1.165, 1.54) is 16.3 Å². The molecule has 1 N–H and O–H groups in total. The van der Waals surface area contributed by atoms with Crippen LogP contribution in [0.2, 0.25) is 5.02 Å². The first-order chi connectivity index (χ1) is 16.5. The number of halogens is 1. The number of carbonyl (C=O) groups is 1. The number of nitrogens with one attached hydrogen (secondary N) is 1. The molecule has 6 nitrogen and oxygen atoms in total. The van der Waals surface area contributed by atoms with Crippen LogP contribution < -0.4 is 5.32 Å². The molecule has 0 spiro atoms. The van der Waals surface area contributed by atoms with Crippen LogP contribution in [0.5, 0.6) is 0 Å². The summed E-state index contributed by atoms with van der Waals surface area (Å²) in [5.74, 6) is 0.924. The van der Waals surface area contributed by atoms with Crippen molar-refractivity contribution in [3.05, 3.63) is 94.1 Å². The predicted molar refractivity (Wildman–Crippen MR) is 136 cm³/mol. The van der Waals surface area contributed by atoms with E-state index in [1.807, 2.05) is 37.3 Å². The molecular formula is C26H23ClN4O2S. The minimum absolute atomic E-state index is 0.287. The SMILES string of the molecule is CCOC(=O)C1=C(C)Nc2nc(SCc3ccc4ccccc4c3)nn2[C@H]1c1cccc(Cl)c1. The molecule has 172 valence electrons. The third kappa shape index (κ3) is 4.41. The molecule has 8 heteroatoms. The zero-order valence-electron chi connectivity index (χ0n) is 18.8. The number of thioether (sulfide) groups is 1. The van der Waals surface area contributed by atoms with E-state index in [2.05, 4.69) is 35.6 Å². The van der Waals surface area contributed by atoms with Gasteiger partial charge in [0.1, 0.15) is 6.04 Å².